The Bertz CT molecular complexity index is 566. The van der Waals surface area contributed by atoms with Gasteiger partial charge < -0.3 is 5.11 Å². The van der Waals surface area contributed by atoms with Crippen LogP contribution in [-0.2, 0) is 12.8 Å². The summed E-state index contributed by atoms with van der Waals surface area (Å²) in [7, 11) is 0. The van der Waals surface area contributed by atoms with E-state index in [1.54, 1.807) is 12.1 Å². The second kappa shape index (κ2) is 6.87. The van der Waals surface area contributed by atoms with Crippen LogP contribution in [0.3, 0.4) is 0 Å². The zero-order chi connectivity index (χ0) is 14.5. The van der Waals surface area contributed by atoms with E-state index < -0.39 is 11.9 Å². The molecular weight excluding hydrogens is 275 g/mol. The molecule has 0 saturated carbocycles. The van der Waals surface area contributed by atoms with E-state index in [-0.39, 0.29) is 5.02 Å². The second-order valence-corrected chi connectivity index (χ2v) is 5.54. The molecule has 0 aliphatic rings. The first-order valence-corrected chi connectivity index (χ1v) is 7.10. The van der Waals surface area contributed by atoms with Gasteiger partial charge in [0, 0.05) is 0 Å². The Labute approximate surface area is 124 Å². The molecule has 0 amide bonds. The highest BCUT2D eigenvalue weighted by atomic mass is 35.5. The topological polar surface area (TPSA) is 20.2 Å². The molecule has 106 valence electrons. The highest BCUT2D eigenvalue weighted by molar-refractivity contribution is 6.30. The van der Waals surface area contributed by atoms with Crippen LogP contribution < -0.4 is 0 Å². The maximum atomic E-state index is 13.0. The summed E-state index contributed by atoms with van der Waals surface area (Å²) in [5.41, 5.74) is 3.30. The smallest absolute Gasteiger partial charge is 0.141 e. The first-order valence-electron chi connectivity index (χ1n) is 6.72. The molecule has 0 bridgehead atoms. The van der Waals surface area contributed by atoms with Gasteiger partial charge in [-0.3, -0.25) is 0 Å². The van der Waals surface area contributed by atoms with Crippen molar-refractivity contribution >= 4 is 11.6 Å². The van der Waals surface area contributed by atoms with Crippen LogP contribution in [-0.4, -0.2) is 11.2 Å². The van der Waals surface area contributed by atoms with E-state index >= 15 is 0 Å². The Hall–Kier alpha value is -1.38. The van der Waals surface area contributed by atoms with Crippen LogP contribution in [0.1, 0.15) is 23.1 Å². The molecule has 0 spiro atoms. The summed E-state index contributed by atoms with van der Waals surface area (Å²) < 4.78 is 13.0. The summed E-state index contributed by atoms with van der Waals surface area (Å²) in [5.74, 6) is -0.426. The average Bonchev–Trinajstić information content (AvgIpc) is 2.42. The molecule has 0 heterocycles. The van der Waals surface area contributed by atoms with Crippen molar-refractivity contribution in [1.29, 1.82) is 0 Å². The Morgan fingerprint density at radius 3 is 2.40 bits per heavy atom. The lowest BCUT2D eigenvalue weighted by Crippen LogP contribution is -2.11. The van der Waals surface area contributed by atoms with Gasteiger partial charge in [0.25, 0.3) is 0 Å². The van der Waals surface area contributed by atoms with Crippen molar-refractivity contribution in [1.82, 2.24) is 0 Å². The normalized spacial score (nSPS) is 12.4. The fraction of sp³-hybridized carbons (Fsp3) is 0.294. The van der Waals surface area contributed by atoms with Crippen LogP contribution in [0.15, 0.2) is 42.5 Å². The Kier molecular flexibility index (Phi) is 5.16. The van der Waals surface area contributed by atoms with Crippen LogP contribution in [0.5, 0.6) is 0 Å². The minimum absolute atomic E-state index is 0.105. The zero-order valence-electron chi connectivity index (χ0n) is 11.4. The predicted octanol–water partition coefficient (Wildman–Crippen LogP) is 4.32. The quantitative estimate of drug-likeness (QED) is 0.870. The van der Waals surface area contributed by atoms with Gasteiger partial charge in [-0.15, -0.1) is 0 Å². The van der Waals surface area contributed by atoms with Crippen LogP contribution in [0.25, 0.3) is 0 Å². The molecule has 2 rings (SSSR count). The molecule has 0 aliphatic heterocycles. The fourth-order valence-electron chi connectivity index (χ4n) is 2.13. The molecule has 1 nitrogen and oxygen atoms in total. The van der Waals surface area contributed by atoms with E-state index in [2.05, 4.69) is 31.2 Å². The molecule has 0 aromatic heterocycles. The Morgan fingerprint density at radius 1 is 1.10 bits per heavy atom. The van der Waals surface area contributed by atoms with E-state index in [9.17, 15) is 9.50 Å². The third kappa shape index (κ3) is 4.32. The van der Waals surface area contributed by atoms with Crippen molar-refractivity contribution < 1.29 is 9.50 Å². The molecule has 1 unspecified atom stereocenters. The molecule has 0 radical (unpaired) electrons. The van der Waals surface area contributed by atoms with E-state index in [4.69, 9.17) is 11.6 Å². The molecule has 0 aliphatic carbocycles. The van der Waals surface area contributed by atoms with Crippen molar-refractivity contribution in [2.24, 2.45) is 0 Å². The lowest BCUT2D eigenvalue weighted by atomic mass is 10.0. The molecule has 2 aromatic rings. The number of hydrogen-bond donors (Lipinski definition) is 1. The average molecular weight is 293 g/mol. The van der Waals surface area contributed by atoms with Gasteiger partial charge in [-0.1, -0.05) is 47.5 Å². The minimum Gasteiger partial charge on any atom is -0.393 e. The van der Waals surface area contributed by atoms with E-state index in [1.165, 1.54) is 17.2 Å². The van der Waals surface area contributed by atoms with Crippen molar-refractivity contribution in [2.45, 2.75) is 32.3 Å². The van der Waals surface area contributed by atoms with Crippen LogP contribution in [0.4, 0.5) is 4.39 Å². The number of rotatable bonds is 5. The standard InChI is InChI=1S/C17H18ClFO/c1-12-2-4-13(5-3-12)6-8-15(20)10-14-7-9-17(19)16(18)11-14/h2-5,7,9,11,15,20H,6,8,10H2,1H3. The van der Waals surface area contributed by atoms with Gasteiger partial charge in [0.05, 0.1) is 11.1 Å². The number of aliphatic hydroxyl groups is 1. The van der Waals surface area contributed by atoms with Gasteiger partial charge in [0.1, 0.15) is 5.82 Å². The fourth-order valence-corrected chi connectivity index (χ4v) is 2.33. The molecule has 2 aromatic carbocycles. The predicted molar refractivity (Wildman–Crippen MR) is 80.6 cm³/mol. The highest BCUT2D eigenvalue weighted by Crippen LogP contribution is 2.18. The summed E-state index contributed by atoms with van der Waals surface area (Å²) >= 11 is 5.73. The maximum absolute atomic E-state index is 13.0. The number of aryl methyl sites for hydroxylation is 2. The summed E-state index contributed by atoms with van der Waals surface area (Å²) in [4.78, 5) is 0. The summed E-state index contributed by atoms with van der Waals surface area (Å²) in [6, 6.07) is 12.9. The largest absolute Gasteiger partial charge is 0.393 e. The number of benzene rings is 2. The molecule has 20 heavy (non-hydrogen) atoms. The third-order valence-electron chi connectivity index (χ3n) is 3.34. The number of aliphatic hydroxyl groups excluding tert-OH is 1. The zero-order valence-corrected chi connectivity index (χ0v) is 12.2. The first-order chi connectivity index (χ1) is 9.54. The van der Waals surface area contributed by atoms with Crippen molar-refractivity contribution in [3.05, 3.63) is 70.0 Å². The van der Waals surface area contributed by atoms with Gasteiger partial charge in [0.15, 0.2) is 0 Å². The van der Waals surface area contributed by atoms with E-state index in [1.807, 2.05) is 0 Å². The maximum Gasteiger partial charge on any atom is 0.141 e. The van der Waals surface area contributed by atoms with Crippen molar-refractivity contribution in [2.75, 3.05) is 0 Å². The SMILES string of the molecule is Cc1ccc(CCC(O)Cc2ccc(F)c(Cl)c2)cc1. The molecule has 3 heteroatoms. The monoisotopic (exact) mass is 292 g/mol. The minimum atomic E-state index is -0.446. The summed E-state index contributed by atoms with van der Waals surface area (Å²) in [6.45, 7) is 2.05. The van der Waals surface area contributed by atoms with Gasteiger partial charge in [0.2, 0.25) is 0 Å². The van der Waals surface area contributed by atoms with E-state index in [0.29, 0.717) is 12.8 Å². The van der Waals surface area contributed by atoms with Gasteiger partial charge in [-0.2, -0.15) is 0 Å². The lowest BCUT2D eigenvalue weighted by molar-refractivity contribution is 0.165. The van der Waals surface area contributed by atoms with Crippen LogP contribution in [0, 0.1) is 12.7 Å². The summed E-state index contributed by atoms with van der Waals surface area (Å²) in [6.07, 6.45) is 1.55. The van der Waals surface area contributed by atoms with Crippen LogP contribution in [0.2, 0.25) is 5.02 Å². The summed E-state index contributed by atoms with van der Waals surface area (Å²) in [5, 5.41) is 10.1. The molecule has 1 atom stereocenters. The van der Waals surface area contributed by atoms with Gasteiger partial charge in [-0.25, -0.2) is 4.39 Å². The Morgan fingerprint density at radius 2 is 1.75 bits per heavy atom. The van der Waals surface area contributed by atoms with Gasteiger partial charge in [-0.05, 0) is 49.4 Å². The third-order valence-corrected chi connectivity index (χ3v) is 3.63. The van der Waals surface area contributed by atoms with Crippen molar-refractivity contribution in [3.63, 3.8) is 0 Å². The molecule has 0 fully saturated rings. The number of hydrogen-bond acceptors (Lipinski definition) is 1. The van der Waals surface area contributed by atoms with Crippen molar-refractivity contribution in [3.8, 4) is 0 Å². The van der Waals surface area contributed by atoms with E-state index in [0.717, 1.165) is 12.0 Å². The molecule has 0 saturated heterocycles. The Balaban J connectivity index is 1.87. The second-order valence-electron chi connectivity index (χ2n) is 5.13. The van der Waals surface area contributed by atoms with Gasteiger partial charge >= 0.3 is 0 Å². The van der Waals surface area contributed by atoms with Crippen LogP contribution >= 0.6 is 11.6 Å². The molecule has 1 N–H and O–H groups in total. The molecular formula is C17H18ClFO. The number of halogens is 2. The lowest BCUT2D eigenvalue weighted by Gasteiger charge is -2.11. The first kappa shape index (κ1) is 15.0. The highest BCUT2D eigenvalue weighted by Gasteiger charge is 2.08.